The second-order valence-electron chi connectivity index (χ2n) is 5.87. The number of hydrogen-bond acceptors (Lipinski definition) is 3. The summed E-state index contributed by atoms with van der Waals surface area (Å²) in [5.74, 6) is -1.48. The van der Waals surface area contributed by atoms with Gasteiger partial charge in [0, 0.05) is 18.0 Å². The van der Waals surface area contributed by atoms with E-state index in [4.69, 9.17) is 0 Å². The third-order valence-corrected chi connectivity index (χ3v) is 4.18. The van der Waals surface area contributed by atoms with E-state index in [0.717, 1.165) is 11.1 Å². The number of carbonyl (C=O) groups is 2. The van der Waals surface area contributed by atoms with E-state index < -0.39 is 17.9 Å². The summed E-state index contributed by atoms with van der Waals surface area (Å²) in [5, 5.41) is 12.8. The number of aliphatic carboxylic acids is 1. The molecule has 1 atom stereocenters. The normalized spacial score (nSPS) is 11.9. The Bertz CT molecular complexity index is 932. The van der Waals surface area contributed by atoms with Gasteiger partial charge in [0.25, 0.3) is 5.91 Å². The van der Waals surface area contributed by atoms with Crippen LogP contribution in [0.4, 0.5) is 0 Å². The first-order valence-corrected chi connectivity index (χ1v) is 7.98. The average molecular weight is 334 g/mol. The highest BCUT2D eigenvalue weighted by molar-refractivity contribution is 6.06. The molecule has 126 valence electrons. The average Bonchev–Trinajstić information content (AvgIpc) is 2.62. The molecule has 0 aliphatic heterocycles. The minimum atomic E-state index is -1.06. The van der Waals surface area contributed by atoms with Crippen LogP contribution in [0.25, 0.3) is 10.9 Å². The standard InChI is InChI=1S/C20H18N2O3/c1-13-6-2-3-7-14(13)12-18(20(24)25)22-19(23)16-10-11-21-17-9-5-4-8-15(16)17/h2-11,18H,12H2,1H3,(H,22,23)(H,24,25)/t18-/m1/s1. The quantitative estimate of drug-likeness (QED) is 0.752. The van der Waals surface area contributed by atoms with Crippen LogP contribution in [-0.4, -0.2) is 28.0 Å². The molecule has 0 saturated heterocycles. The first-order valence-electron chi connectivity index (χ1n) is 7.98. The smallest absolute Gasteiger partial charge is 0.326 e. The molecule has 1 amide bonds. The summed E-state index contributed by atoms with van der Waals surface area (Å²) in [6.45, 7) is 1.92. The SMILES string of the molecule is Cc1ccccc1C[C@@H](NC(=O)c1ccnc2ccccc12)C(=O)O. The number of nitrogens with one attached hydrogen (secondary N) is 1. The fourth-order valence-corrected chi connectivity index (χ4v) is 2.79. The number of aryl methyl sites for hydroxylation is 1. The lowest BCUT2D eigenvalue weighted by atomic mass is 10.0. The summed E-state index contributed by atoms with van der Waals surface area (Å²) in [7, 11) is 0. The zero-order valence-electron chi connectivity index (χ0n) is 13.8. The van der Waals surface area contributed by atoms with Gasteiger partial charge in [0.05, 0.1) is 11.1 Å². The first kappa shape index (κ1) is 16.6. The Morgan fingerprint density at radius 2 is 1.80 bits per heavy atom. The molecule has 5 heteroatoms. The Hall–Kier alpha value is -3.21. The number of hydrogen-bond donors (Lipinski definition) is 2. The van der Waals surface area contributed by atoms with Gasteiger partial charge in [-0.1, -0.05) is 42.5 Å². The number of carbonyl (C=O) groups excluding carboxylic acids is 1. The molecule has 0 unspecified atom stereocenters. The van der Waals surface area contributed by atoms with Crippen LogP contribution >= 0.6 is 0 Å². The Morgan fingerprint density at radius 1 is 1.08 bits per heavy atom. The van der Waals surface area contributed by atoms with Crippen molar-refractivity contribution in [3.8, 4) is 0 Å². The van der Waals surface area contributed by atoms with Crippen LogP contribution < -0.4 is 5.32 Å². The van der Waals surface area contributed by atoms with Gasteiger partial charge in [-0.3, -0.25) is 9.78 Å². The first-order chi connectivity index (χ1) is 12.1. The summed E-state index contributed by atoms with van der Waals surface area (Å²) in [6.07, 6.45) is 1.78. The van der Waals surface area contributed by atoms with Crippen LogP contribution in [0, 0.1) is 6.92 Å². The summed E-state index contributed by atoms with van der Waals surface area (Å²) < 4.78 is 0. The lowest BCUT2D eigenvalue weighted by molar-refractivity contribution is -0.139. The summed E-state index contributed by atoms with van der Waals surface area (Å²) in [5.41, 5.74) is 3.01. The maximum Gasteiger partial charge on any atom is 0.326 e. The lowest BCUT2D eigenvalue weighted by Gasteiger charge is -2.16. The minimum absolute atomic E-state index is 0.233. The van der Waals surface area contributed by atoms with E-state index in [-0.39, 0.29) is 6.42 Å². The topological polar surface area (TPSA) is 79.3 Å². The van der Waals surface area contributed by atoms with Crippen LogP contribution in [0.1, 0.15) is 21.5 Å². The van der Waals surface area contributed by atoms with E-state index in [9.17, 15) is 14.7 Å². The van der Waals surface area contributed by atoms with E-state index in [1.54, 1.807) is 18.3 Å². The highest BCUT2D eigenvalue weighted by Gasteiger charge is 2.22. The van der Waals surface area contributed by atoms with Gasteiger partial charge < -0.3 is 10.4 Å². The molecular formula is C20H18N2O3. The number of aromatic nitrogens is 1. The number of carboxylic acid groups (broad SMARTS) is 1. The number of rotatable bonds is 5. The maximum atomic E-state index is 12.6. The summed E-state index contributed by atoms with van der Waals surface area (Å²) in [4.78, 5) is 28.5. The lowest BCUT2D eigenvalue weighted by Crippen LogP contribution is -2.42. The molecule has 0 saturated carbocycles. The number of para-hydroxylation sites is 1. The van der Waals surface area contributed by atoms with Crippen LogP contribution in [0.3, 0.4) is 0 Å². The van der Waals surface area contributed by atoms with Crippen molar-refractivity contribution < 1.29 is 14.7 Å². The third kappa shape index (κ3) is 3.66. The summed E-state index contributed by atoms with van der Waals surface area (Å²) >= 11 is 0. The molecule has 1 heterocycles. The largest absolute Gasteiger partial charge is 0.480 e. The number of nitrogens with zero attached hydrogens (tertiary/aromatic N) is 1. The Kier molecular flexibility index (Phi) is 4.75. The number of pyridine rings is 1. The predicted octanol–water partition coefficient (Wildman–Crippen LogP) is 2.97. The van der Waals surface area contributed by atoms with Crippen LogP contribution in [0.5, 0.6) is 0 Å². The van der Waals surface area contributed by atoms with Crippen molar-refractivity contribution in [2.75, 3.05) is 0 Å². The number of amides is 1. The summed E-state index contributed by atoms with van der Waals surface area (Å²) in [6, 6.07) is 15.4. The van der Waals surface area contributed by atoms with Crippen LogP contribution in [-0.2, 0) is 11.2 Å². The molecule has 0 aliphatic rings. The molecule has 25 heavy (non-hydrogen) atoms. The van der Waals surface area contributed by atoms with E-state index in [1.165, 1.54) is 0 Å². The molecule has 3 rings (SSSR count). The maximum absolute atomic E-state index is 12.6. The van der Waals surface area contributed by atoms with Gasteiger partial charge in [-0.2, -0.15) is 0 Å². The van der Waals surface area contributed by atoms with Gasteiger partial charge in [0.2, 0.25) is 0 Å². The highest BCUT2D eigenvalue weighted by atomic mass is 16.4. The van der Waals surface area contributed by atoms with Crippen LogP contribution in [0.2, 0.25) is 0 Å². The van der Waals surface area contributed by atoms with Crippen molar-refractivity contribution in [3.05, 3.63) is 77.5 Å². The van der Waals surface area contributed by atoms with Crippen molar-refractivity contribution >= 4 is 22.8 Å². The van der Waals surface area contributed by atoms with Gasteiger partial charge >= 0.3 is 5.97 Å². The molecule has 5 nitrogen and oxygen atoms in total. The minimum Gasteiger partial charge on any atom is -0.480 e. The van der Waals surface area contributed by atoms with E-state index in [2.05, 4.69) is 10.3 Å². The number of carboxylic acids is 1. The van der Waals surface area contributed by atoms with Gasteiger partial charge in [-0.05, 0) is 30.2 Å². The van der Waals surface area contributed by atoms with Gasteiger partial charge in [0.1, 0.15) is 6.04 Å². The Labute approximate surface area is 145 Å². The van der Waals surface area contributed by atoms with Crippen LogP contribution in [0.15, 0.2) is 60.8 Å². The van der Waals surface area contributed by atoms with Gasteiger partial charge in [-0.25, -0.2) is 4.79 Å². The van der Waals surface area contributed by atoms with Crippen molar-refractivity contribution in [3.63, 3.8) is 0 Å². The highest BCUT2D eigenvalue weighted by Crippen LogP contribution is 2.17. The fraction of sp³-hybridized carbons (Fsp3) is 0.150. The molecule has 2 aromatic carbocycles. The molecule has 1 aromatic heterocycles. The second kappa shape index (κ2) is 7.13. The monoisotopic (exact) mass is 334 g/mol. The molecule has 2 N–H and O–H groups in total. The number of benzene rings is 2. The molecule has 0 spiro atoms. The molecular weight excluding hydrogens is 316 g/mol. The molecule has 0 bridgehead atoms. The molecule has 0 radical (unpaired) electrons. The van der Waals surface area contributed by atoms with E-state index in [0.29, 0.717) is 16.5 Å². The van der Waals surface area contributed by atoms with E-state index in [1.807, 2.05) is 49.4 Å². The predicted molar refractivity (Wildman–Crippen MR) is 95.5 cm³/mol. The van der Waals surface area contributed by atoms with Gasteiger partial charge in [-0.15, -0.1) is 0 Å². The van der Waals surface area contributed by atoms with E-state index >= 15 is 0 Å². The van der Waals surface area contributed by atoms with Crippen molar-refractivity contribution in [2.24, 2.45) is 0 Å². The molecule has 0 aliphatic carbocycles. The third-order valence-electron chi connectivity index (χ3n) is 4.18. The second-order valence-corrected chi connectivity index (χ2v) is 5.87. The number of fused-ring (bicyclic) bond motifs is 1. The van der Waals surface area contributed by atoms with Crippen molar-refractivity contribution in [2.45, 2.75) is 19.4 Å². The van der Waals surface area contributed by atoms with Crippen molar-refractivity contribution in [1.82, 2.24) is 10.3 Å². The molecule has 3 aromatic rings. The van der Waals surface area contributed by atoms with Crippen molar-refractivity contribution in [1.29, 1.82) is 0 Å². The molecule has 0 fully saturated rings. The Morgan fingerprint density at radius 3 is 2.56 bits per heavy atom. The van der Waals surface area contributed by atoms with Gasteiger partial charge in [0.15, 0.2) is 0 Å². The fourth-order valence-electron chi connectivity index (χ4n) is 2.79. The zero-order chi connectivity index (χ0) is 17.8. The zero-order valence-corrected chi connectivity index (χ0v) is 13.8. The Balaban J connectivity index is 1.86.